The summed E-state index contributed by atoms with van der Waals surface area (Å²) in [5.41, 5.74) is -0.418. The summed E-state index contributed by atoms with van der Waals surface area (Å²) in [7, 11) is -0.612. The van der Waals surface area contributed by atoms with Crippen molar-refractivity contribution in [2.45, 2.75) is 17.9 Å². The van der Waals surface area contributed by atoms with Crippen LogP contribution in [0.15, 0.2) is 84.0 Å². The fraction of sp³-hybridized carbons (Fsp3) is 0.207. The van der Waals surface area contributed by atoms with Crippen LogP contribution < -0.4 is 18.9 Å². The highest BCUT2D eigenvalue weighted by Crippen LogP contribution is 2.28. The van der Waals surface area contributed by atoms with Crippen molar-refractivity contribution >= 4 is 15.9 Å². The lowest BCUT2D eigenvalue weighted by molar-refractivity contribution is 0.0976. The molecule has 0 bridgehead atoms. The maximum atomic E-state index is 14.9. The molecular weight excluding hydrogens is 570 g/mol. The summed E-state index contributed by atoms with van der Waals surface area (Å²) in [5, 5.41) is 0. The predicted octanol–water partition coefficient (Wildman–Crippen LogP) is 4.75. The third-order valence-corrected chi connectivity index (χ3v) is 7.15. The van der Waals surface area contributed by atoms with Crippen LogP contribution in [-0.2, 0) is 10.0 Å². The molecule has 13 heteroatoms. The Morgan fingerprint density at radius 2 is 1.69 bits per heavy atom. The van der Waals surface area contributed by atoms with E-state index < -0.39 is 45.0 Å². The zero-order valence-corrected chi connectivity index (χ0v) is 23.8. The molecular formula is C29H28F2N4O6S. The monoisotopic (exact) mass is 598 g/mol. The van der Waals surface area contributed by atoms with E-state index in [4.69, 9.17) is 14.2 Å². The number of aromatic nitrogens is 2. The second-order valence-electron chi connectivity index (χ2n) is 9.25. The van der Waals surface area contributed by atoms with Gasteiger partial charge in [0.1, 0.15) is 24.2 Å². The van der Waals surface area contributed by atoms with Gasteiger partial charge >= 0.3 is 0 Å². The normalized spacial score (nSPS) is 12.0. The molecule has 0 aliphatic carbocycles. The van der Waals surface area contributed by atoms with Crippen LogP contribution in [0.2, 0.25) is 0 Å². The molecule has 1 unspecified atom stereocenters. The van der Waals surface area contributed by atoms with Gasteiger partial charge < -0.3 is 19.1 Å². The number of sulfonamides is 1. The Morgan fingerprint density at radius 3 is 2.33 bits per heavy atom. The van der Waals surface area contributed by atoms with Crippen molar-refractivity contribution in [3.8, 4) is 23.1 Å². The molecule has 1 N–H and O–H groups in total. The molecule has 2 heterocycles. The molecule has 0 aliphatic heterocycles. The Bertz CT molecular complexity index is 1620. The van der Waals surface area contributed by atoms with Crippen molar-refractivity contribution in [3.05, 3.63) is 102 Å². The van der Waals surface area contributed by atoms with Crippen molar-refractivity contribution in [1.82, 2.24) is 19.6 Å². The highest BCUT2D eigenvalue weighted by atomic mass is 32.2. The summed E-state index contributed by atoms with van der Waals surface area (Å²) < 4.78 is 73.5. The number of carbonyl (C=O) groups excluding carboxylic acids is 1. The molecule has 1 atom stereocenters. The van der Waals surface area contributed by atoms with Crippen molar-refractivity contribution < 1.29 is 36.2 Å². The topological polar surface area (TPSA) is 120 Å². The number of amides is 1. The van der Waals surface area contributed by atoms with Gasteiger partial charge in [-0.15, -0.1) is 0 Å². The lowest BCUT2D eigenvalue weighted by Gasteiger charge is -2.16. The van der Waals surface area contributed by atoms with Crippen LogP contribution in [0.1, 0.15) is 29.1 Å². The van der Waals surface area contributed by atoms with Gasteiger partial charge in [-0.1, -0.05) is 6.07 Å². The number of nitrogens with zero attached hydrogens (tertiary/aromatic N) is 3. The third-order valence-electron chi connectivity index (χ3n) is 5.80. The summed E-state index contributed by atoms with van der Waals surface area (Å²) >= 11 is 0. The molecule has 220 valence electrons. The van der Waals surface area contributed by atoms with E-state index in [0.717, 1.165) is 12.1 Å². The summed E-state index contributed by atoms with van der Waals surface area (Å²) in [5.74, 6) is -3.63. The Hall–Kier alpha value is -4.62. The SMILES string of the molecule is CC(Oc1ccc(C(=O)NS(=O)(=O)c2ccc(OCCN(C)C)cc2)c(F)c1F)c1ccc(Oc2ccccn2)cn1. The number of hydrogen-bond donors (Lipinski definition) is 1. The van der Waals surface area contributed by atoms with Crippen LogP contribution in [-0.4, -0.2) is 56.4 Å². The molecule has 0 radical (unpaired) electrons. The second-order valence-corrected chi connectivity index (χ2v) is 10.9. The molecule has 10 nitrogen and oxygen atoms in total. The fourth-order valence-corrected chi connectivity index (χ4v) is 4.53. The van der Waals surface area contributed by atoms with Crippen molar-refractivity contribution in [3.63, 3.8) is 0 Å². The molecule has 2 aromatic carbocycles. The first kappa shape index (κ1) is 30.3. The van der Waals surface area contributed by atoms with Crippen LogP contribution in [0, 0.1) is 11.6 Å². The predicted molar refractivity (Wildman–Crippen MR) is 149 cm³/mol. The smallest absolute Gasteiger partial charge is 0.268 e. The number of carbonyl (C=O) groups is 1. The van der Waals surface area contributed by atoms with Crippen LogP contribution in [0.25, 0.3) is 0 Å². The molecule has 0 aliphatic rings. The molecule has 2 aromatic heterocycles. The molecule has 0 saturated carbocycles. The fourth-order valence-electron chi connectivity index (χ4n) is 3.57. The average molecular weight is 599 g/mol. The van der Waals surface area contributed by atoms with E-state index >= 15 is 0 Å². The molecule has 4 aromatic rings. The van der Waals surface area contributed by atoms with E-state index in [0.29, 0.717) is 36.2 Å². The zero-order valence-electron chi connectivity index (χ0n) is 23.0. The lowest BCUT2D eigenvalue weighted by Crippen LogP contribution is -2.31. The number of ether oxygens (including phenoxy) is 3. The van der Waals surface area contributed by atoms with E-state index in [9.17, 15) is 22.0 Å². The first-order valence-electron chi connectivity index (χ1n) is 12.7. The second kappa shape index (κ2) is 13.4. The van der Waals surface area contributed by atoms with Crippen molar-refractivity contribution in [2.75, 3.05) is 27.2 Å². The van der Waals surface area contributed by atoms with Gasteiger partial charge in [0.05, 0.1) is 22.3 Å². The van der Waals surface area contributed by atoms with Crippen LogP contribution in [0.5, 0.6) is 23.1 Å². The van der Waals surface area contributed by atoms with Gasteiger partial charge in [0, 0.05) is 18.8 Å². The number of nitrogens with one attached hydrogen (secondary N) is 1. The molecule has 4 rings (SSSR count). The number of rotatable bonds is 12. The van der Waals surface area contributed by atoms with Gasteiger partial charge in [0.25, 0.3) is 15.9 Å². The summed E-state index contributed by atoms with van der Waals surface area (Å²) in [6.45, 7) is 2.63. The minimum atomic E-state index is -4.38. The van der Waals surface area contributed by atoms with E-state index in [1.807, 2.05) is 19.0 Å². The molecule has 1 amide bonds. The Morgan fingerprint density at radius 1 is 0.952 bits per heavy atom. The largest absolute Gasteiger partial charge is 0.492 e. The van der Waals surface area contributed by atoms with Crippen molar-refractivity contribution in [2.24, 2.45) is 0 Å². The quantitative estimate of drug-likeness (QED) is 0.246. The maximum absolute atomic E-state index is 14.9. The number of pyridine rings is 2. The minimum absolute atomic E-state index is 0.255. The standard InChI is InChI=1S/C29H28F2N4O6S/c1-19(24-13-9-21(18-33-24)41-26-6-4-5-15-32-26)40-25-14-12-23(27(30)28(25)31)29(36)34-42(37,38)22-10-7-20(8-11-22)39-17-16-35(2)3/h4-15,18-19H,16-17H2,1-3H3,(H,34,36). The number of hydrogen-bond acceptors (Lipinski definition) is 9. The highest BCUT2D eigenvalue weighted by molar-refractivity contribution is 7.90. The van der Waals surface area contributed by atoms with Gasteiger partial charge in [-0.05, 0) is 75.6 Å². The summed E-state index contributed by atoms with van der Waals surface area (Å²) in [4.78, 5) is 22.6. The maximum Gasteiger partial charge on any atom is 0.268 e. The molecule has 42 heavy (non-hydrogen) atoms. The van der Waals surface area contributed by atoms with Crippen LogP contribution in [0.4, 0.5) is 8.78 Å². The Labute approximate surface area is 242 Å². The zero-order chi connectivity index (χ0) is 30.3. The minimum Gasteiger partial charge on any atom is -0.492 e. The molecule has 0 spiro atoms. The number of benzene rings is 2. The Kier molecular flexibility index (Phi) is 9.65. The van der Waals surface area contributed by atoms with Gasteiger partial charge in [-0.2, -0.15) is 4.39 Å². The Balaban J connectivity index is 1.39. The summed E-state index contributed by atoms with van der Waals surface area (Å²) in [6, 6.07) is 15.7. The number of halogens is 2. The molecule has 0 saturated heterocycles. The van der Waals surface area contributed by atoms with Gasteiger partial charge in [0.15, 0.2) is 11.6 Å². The van der Waals surface area contributed by atoms with Gasteiger partial charge in [-0.25, -0.2) is 22.5 Å². The van der Waals surface area contributed by atoms with Gasteiger partial charge in [-0.3, -0.25) is 9.78 Å². The van der Waals surface area contributed by atoms with E-state index in [1.165, 1.54) is 30.5 Å². The van der Waals surface area contributed by atoms with Crippen LogP contribution in [0.3, 0.4) is 0 Å². The van der Waals surface area contributed by atoms with E-state index in [2.05, 4.69) is 9.97 Å². The van der Waals surface area contributed by atoms with Crippen LogP contribution >= 0.6 is 0 Å². The summed E-state index contributed by atoms with van der Waals surface area (Å²) in [6.07, 6.45) is 2.20. The third kappa shape index (κ3) is 7.77. The van der Waals surface area contributed by atoms with Crippen molar-refractivity contribution in [1.29, 1.82) is 0 Å². The first-order valence-corrected chi connectivity index (χ1v) is 14.2. The van der Waals surface area contributed by atoms with Gasteiger partial charge in [0.2, 0.25) is 11.7 Å². The van der Waals surface area contributed by atoms with E-state index in [-0.39, 0.29) is 4.90 Å². The molecule has 0 fully saturated rings. The van der Waals surface area contributed by atoms with E-state index in [1.54, 1.807) is 48.2 Å². The highest BCUT2D eigenvalue weighted by Gasteiger charge is 2.25. The average Bonchev–Trinajstić information content (AvgIpc) is 2.96. The number of likely N-dealkylation sites (N-methyl/N-ethyl adjacent to an activating group) is 1. The first-order chi connectivity index (χ1) is 20.0. The lowest BCUT2D eigenvalue weighted by atomic mass is 10.1.